The third-order valence-corrected chi connectivity index (χ3v) is 3.13. The molecule has 0 spiro atoms. The quantitative estimate of drug-likeness (QED) is 0.687. The maximum atomic E-state index is 12.7. The molecule has 90 valence electrons. The lowest BCUT2D eigenvalue weighted by Gasteiger charge is -2.17. The first-order valence-electron chi connectivity index (χ1n) is 5.19. The minimum atomic E-state index is -4.25. The molecular formula is C12H14BrF3. The molecule has 0 N–H and O–H groups in total. The zero-order chi connectivity index (χ0) is 12.2. The summed E-state index contributed by atoms with van der Waals surface area (Å²) in [6.45, 7) is 1.84. The van der Waals surface area contributed by atoms with Crippen molar-refractivity contribution >= 4 is 15.9 Å². The van der Waals surface area contributed by atoms with E-state index in [1.165, 1.54) is 6.07 Å². The zero-order valence-corrected chi connectivity index (χ0v) is 10.6. The molecule has 0 aliphatic heterocycles. The minimum Gasteiger partial charge on any atom is -0.166 e. The van der Waals surface area contributed by atoms with Crippen LogP contribution >= 0.6 is 15.9 Å². The van der Waals surface area contributed by atoms with Crippen molar-refractivity contribution < 1.29 is 13.2 Å². The van der Waals surface area contributed by atoms with Gasteiger partial charge in [-0.2, -0.15) is 13.2 Å². The van der Waals surface area contributed by atoms with E-state index >= 15 is 0 Å². The summed E-state index contributed by atoms with van der Waals surface area (Å²) in [5, 5.41) is 0.825. The standard InChI is InChI=1S/C12H14BrF3/c1-9(5-4-8-13)10-6-2-3-7-11(10)12(14,15)16/h2-3,6-7,9H,4-5,8H2,1H3. The molecule has 0 saturated carbocycles. The summed E-state index contributed by atoms with van der Waals surface area (Å²) < 4.78 is 38.2. The number of hydrogen-bond donors (Lipinski definition) is 0. The zero-order valence-electron chi connectivity index (χ0n) is 9.02. The average Bonchev–Trinajstić information content (AvgIpc) is 2.24. The maximum absolute atomic E-state index is 12.7. The summed E-state index contributed by atoms with van der Waals surface area (Å²) in [6, 6.07) is 5.82. The van der Waals surface area contributed by atoms with Crippen molar-refractivity contribution in [3.63, 3.8) is 0 Å². The molecule has 0 nitrogen and oxygen atoms in total. The van der Waals surface area contributed by atoms with Gasteiger partial charge in [0.15, 0.2) is 0 Å². The van der Waals surface area contributed by atoms with Crippen molar-refractivity contribution in [2.75, 3.05) is 5.33 Å². The largest absolute Gasteiger partial charge is 0.416 e. The van der Waals surface area contributed by atoms with Crippen LogP contribution in [0.25, 0.3) is 0 Å². The molecule has 1 rings (SSSR count). The molecule has 4 heteroatoms. The molecule has 0 bridgehead atoms. The Hall–Kier alpha value is -0.510. The highest BCUT2D eigenvalue weighted by atomic mass is 79.9. The van der Waals surface area contributed by atoms with Crippen molar-refractivity contribution in [3.8, 4) is 0 Å². The fraction of sp³-hybridized carbons (Fsp3) is 0.500. The van der Waals surface area contributed by atoms with Crippen LogP contribution in [0.15, 0.2) is 24.3 Å². The normalized spacial score (nSPS) is 13.8. The summed E-state index contributed by atoms with van der Waals surface area (Å²) in [6.07, 6.45) is -2.61. The molecule has 1 aromatic rings. The second kappa shape index (κ2) is 5.71. The highest BCUT2D eigenvalue weighted by Gasteiger charge is 2.33. The van der Waals surface area contributed by atoms with Gasteiger partial charge in [0.1, 0.15) is 0 Å². The lowest BCUT2D eigenvalue weighted by Crippen LogP contribution is -2.10. The Morgan fingerprint density at radius 3 is 2.44 bits per heavy atom. The second-order valence-corrected chi connectivity index (χ2v) is 4.61. The molecule has 0 aliphatic carbocycles. The Morgan fingerprint density at radius 1 is 1.25 bits per heavy atom. The molecule has 1 aromatic carbocycles. The second-order valence-electron chi connectivity index (χ2n) is 3.82. The van der Waals surface area contributed by atoms with Crippen molar-refractivity contribution in [2.45, 2.75) is 31.9 Å². The molecule has 0 aliphatic rings. The van der Waals surface area contributed by atoms with Gasteiger partial charge in [-0.1, -0.05) is 41.1 Å². The van der Waals surface area contributed by atoms with Gasteiger partial charge >= 0.3 is 6.18 Å². The highest BCUT2D eigenvalue weighted by molar-refractivity contribution is 9.09. The highest BCUT2D eigenvalue weighted by Crippen LogP contribution is 2.36. The summed E-state index contributed by atoms with van der Waals surface area (Å²) in [5.74, 6) is -0.0598. The number of alkyl halides is 4. The number of rotatable bonds is 4. The van der Waals surface area contributed by atoms with Crippen molar-refractivity contribution in [1.82, 2.24) is 0 Å². The first kappa shape index (κ1) is 13.6. The minimum absolute atomic E-state index is 0.0598. The van der Waals surface area contributed by atoms with Crippen LogP contribution in [0.4, 0.5) is 13.2 Å². The molecule has 0 heterocycles. The summed E-state index contributed by atoms with van der Waals surface area (Å²) in [7, 11) is 0. The van der Waals surface area contributed by atoms with Gasteiger partial charge in [0, 0.05) is 5.33 Å². The summed E-state index contributed by atoms with van der Waals surface area (Å²) in [5.41, 5.74) is -0.104. The Morgan fingerprint density at radius 2 is 1.88 bits per heavy atom. The third-order valence-electron chi connectivity index (χ3n) is 2.57. The SMILES string of the molecule is CC(CCCBr)c1ccccc1C(F)(F)F. The van der Waals surface area contributed by atoms with Gasteiger partial charge in [-0.3, -0.25) is 0 Å². The summed E-state index contributed by atoms with van der Waals surface area (Å²) >= 11 is 3.29. The molecule has 1 atom stereocenters. The molecule has 16 heavy (non-hydrogen) atoms. The van der Waals surface area contributed by atoms with Crippen molar-refractivity contribution in [1.29, 1.82) is 0 Å². The molecule has 0 saturated heterocycles. The fourth-order valence-electron chi connectivity index (χ4n) is 1.72. The van der Waals surface area contributed by atoms with Crippen LogP contribution in [-0.2, 0) is 6.18 Å². The van der Waals surface area contributed by atoms with Crippen LogP contribution in [0.5, 0.6) is 0 Å². The van der Waals surface area contributed by atoms with E-state index in [1.807, 2.05) is 6.92 Å². The van der Waals surface area contributed by atoms with Gasteiger partial charge in [0.25, 0.3) is 0 Å². The Labute approximate surface area is 102 Å². The van der Waals surface area contributed by atoms with Gasteiger partial charge in [-0.15, -0.1) is 0 Å². The van der Waals surface area contributed by atoms with Crippen LogP contribution in [0, 0.1) is 0 Å². The molecule has 1 unspecified atom stereocenters. The van der Waals surface area contributed by atoms with E-state index in [2.05, 4.69) is 15.9 Å². The Bertz CT molecular complexity index is 333. The monoisotopic (exact) mass is 294 g/mol. The molecule has 0 radical (unpaired) electrons. The molecule has 0 fully saturated rings. The number of hydrogen-bond acceptors (Lipinski definition) is 0. The summed E-state index contributed by atoms with van der Waals surface area (Å²) in [4.78, 5) is 0. The number of halogens is 4. The third kappa shape index (κ3) is 3.51. The molecule has 0 amide bonds. The van der Waals surface area contributed by atoms with Crippen LogP contribution < -0.4 is 0 Å². The van der Waals surface area contributed by atoms with Gasteiger partial charge < -0.3 is 0 Å². The lowest BCUT2D eigenvalue weighted by molar-refractivity contribution is -0.138. The van der Waals surface area contributed by atoms with E-state index in [9.17, 15) is 13.2 Å². The van der Waals surface area contributed by atoms with E-state index in [0.29, 0.717) is 5.56 Å². The van der Waals surface area contributed by atoms with E-state index in [-0.39, 0.29) is 5.92 Å². The topological polar surface area (TPSA) is 0 Å². The number of benzene rings is 1. The van der Waals surface area contributed by atoms with Crippen LogP contribution in [0.3, 0.4) is 0 Å². The average molecular weight is 295 g/mol. The van der Waals surface area contributed by atoms with E-state index in [0.717, 1.165) is 24.2 Å². The van der Waals surface area contributed by atoms with E-state index in [1.54, 1.807) is 12.1 Å². The van der Waals surface area contributed by atoms with Crippen molar-refractivity contribution in [3.05, 3.63) is 35.4 Å². The van der Waals surface area contributed by atoms with Gasteiger partial charge in [0.2, 0.25) is 0 Å². The lowest BCUT2D eigenvalue weighted by atomic mass is 9.92. The van der Waals surface area contributed by atoms with Crippen LogP contribution in [-0.4, -0.2) is 5.33 Å². The first-order valence-corrected chi connectivity index (χ1v) is 6.31. The predicted octanol–water partition coefficient (Wildman–Crippen LogP) is 4.98. The van der Waals surface area contributed by atoms with Gasteiger partial charge in [-0.05, 0) is 30.4 Å². The van der Waals surface area contributed by atoms with E-state index < -0.39 is 11.7 Å². The fourth-order valence-corrected chi connectivity index (χ4v) is 2.05. The van der Waals surface area contributed by atoms with Crippen molar-refractivity contribution in [2.24, 2.45) is 0 Å². The Balaban J connectivity index is 2.94. The smallest absolute Gasteiger partial charge is 0.166 e. The van der Waals surface area contributed by atoms with Gasteiger partial charge in [0.05, 0.1) is 5.56 Å². The first-order chi connectivity index (χ1) is 7.46. The maximum Gasteiger partial charge on any atom is 0.416 e. The molecular weight excluding hydrogens is 281 g/mol. The van der Waals surface area contributed by atoms with E-state index in [4.69, 9.17) is 0 Å². The van der Waals surface area contributed by atoms with Crippen LogP contribution in [0.1, 0.15) is 36.8 Å². The van der Waals surface area contributed by atoms with Crippen LogP contribution in [0.2, 0.25) is 0 Å². The predicted molar refractivity (Wildman–Crippen MR) is 62.9 cm³/mol. The van der Waals surface area contributed by atoms with Gasteiger partial charge in [-0.25, -0.2) is 0 Å². The Kier molecular flexibility index (Phi) is 4.84. The molecule has 0 aromatic heterocycles.